The first-order valence-electron chi connectivity index (χ1n) is 6.19. The van der Waals surface area contributed by atoms with E-state index in [1.807, 2.05) is 37.3 Å². The van der Waals surface area contributed by atoms with Crippen LogP contribution in [0.5, 0.6) is 0 Å². The topological polar surface area (TPSA) is 84.0 Å². The summed E-state index contributed by atoms with van der Waals surface area (Å²) in [5, 5.41) is 3.72. The molecular weight excluding hydrogens is 228 g/mol. The van der Waals surface area contributed by atoms with Gasteiger partial charge in [0.25, 0.3) is 0 Å². The third-order valence-electron chi connectivity index (χ3n) is 2.65. The molecule has 1 aromatic carbocycles. The molecule has 18 heavy (non-hydrogen) atoms. The second-order valence-electron chi connectivity index (χ2n) is 4.20. The minimum atomic E-state index is -0.318. The number of ether oxygens (including phenoxy) is 1. The normalized spacial score (nSPS) is 13.7. The van der Waals surface area contributed by atoms with E-state index >= 15 is 0 Å². The van der Waals surface area contributed by atoms with Gasteiger partial charge in [-0.3, -0.25) is 0 Å². The summed E-state index contributed by atoms with van der Waals surface area (Å²) in [6.07, 6.45) is 1.62. The number of nitrogens with zero attached hydrogens (tertiary/aromatic N) is 3. The van der Waals surface area contributed by atoms with Crippen molar-refractivity contribution >= 4 is 0 Å². The fraction of sp³-hybridized carbons (Fsp3) is 0.538. The minimum absolute atomic E-state index is 0.222. The lowest BCUT2D eigenvalue weighted by Gasteiger charge is -2.19. The van der Waals surface area contributed by atoms with Crippen LogP contribution >= 0.6 is 0 Å². The zero-order valence-corrected chi connectivity index (χ0v) is 10.7. The fourth-order valence-corrected chi connectivity index (χ4v) is 1.68. The van der Waals surface area contributed by atoms with E-state index in [0.29, 0.717) is 19.6 Å². The molecule has 5 nitrogen and oxygen atoms in total. The van der Waals surface area contributed by atoms with Crippen LogP contribution in [0.4, 0.5) is 0 Å². The van der Waals surface area contributed by atoms with Crippen molar-refractivity contribution in [1.29, 1.82) is 0 Å². The van der Waals surface area contributed by atoms with Gasteiger partial charge in [-0.05, 0) is 23.9 Å². The molecule has 0 bridgehead atoms. The van der Waals surface area contributed by atoms with E-state index < -0.39 is 0 Å². The smallest absolute Gasteiger partial charge is 0.0762 e. The molecule has 0 aromatic heterocycles. The van der Waals surface area contributed by atoms with E-state index in [0.717, 1.165) is 12.0 Å². The van der Waals surface area contributed by atoms with Gasteiger partial charge >= 0.3 is 0 Å². The number of benzene rings is 1. The lowest BCUT2D eigenvalue weighted by molar-refractivity contribution is 0.115. The highest BCUT2D eigenvalue weighted by Gasteiger charge is 2.16. The van der Waals surface area contributed by atoms with Crippen LogP contribution < -0.4 is 5.73 Å². The molecule has 0 spiro atoms. The van der Waals surface area contributed by atoms with E-state index in [1.54, 1.807) is 0 Å². The molecule has 0 radical (unpaired) electrons. The van der Waals surface area contributed by atoms with E-state index in [1.165, 1.54) is 0 Å². The van der Waals surface area contributed by atoms with Gasteiger partial charge in [0.15, 0.2) is 0 Å². The number of hydrogen-bond donors (Lipinski definition) is 1. The van der Waals surface area contributed by atoms with E-state index in [4.69, 9.17) is 16.0 Å². The Morgan fingerprint density at radius 2 is 2.11 bits per heavy atom. The molecule has 0 aliphatic carbocycles. The Kier molecular flexibility index (Phi) is 6.87. The Labute approximate surface area is 108 Å². The second kappa shape index (κ2) is 8.53. The standard InChI is InChI=1S/C13H20N4O/c1-2-8-18-10-13(16-17-15)12(14)9-11-6-4-3-5-7-11/h3-7,12-13H,2,8-10,14H2,1H3/t12-,13-/m0/s1. The van der Waals surface area contributed by atoms with Crippen LogP contribution in [0.1, 0.15) is 18.9 Å². The molecule has 0 heterocycles. The molecular formula is C13H20N4O. The first-order chi connectivity index (χ1) is 8.77. The maximum absolute atomic E-state index is 8.56. The molecule has 0 saturated carbocycles. The number of azide groups is 1. The molecule has 0 fully saturated rings. The zero-order chi connectivity index (χ0) is 13.2. The average Bonchev–Trinajstić information content (AvgIpc) is 2.39. The van der Waals surface area contributed by atoms with Crippen LogP contribution in [0.25, 0.3) is 10.4 Å². The van der Waals surface area contributed by atoms with Crippen LogP contribution in [-0.2, 0) is 11.2 Å². The Morgan fingerprint density at radius 3 is 2.72 bits per heavy atom. The molecule has 0 saturated heterocycles. The highest BCUT2D eigenvalue weighted by atomic mass is 16.5. The summed E-state index contributed by atoms with van der Waals surface area (Å²) >= 11 is 0. The lowest BCUT2D eigenvalue weighted by Crippen LogP contribution is -2.38. The first kappa shape index (κ1) is 14.5. The van der Waals surface area contributed by atoms with E-state index in [9.17, 15) is 0 Å². The highest BCUT2D eigenvalue weighted by molar-refractivity contribution is 5.16. The molecule has 0 aliphatic heterocycles. The van der Waals surface area contributed by atoms with Crippen LogP contribution in [0, 0.1) is 0 Å². The quantitative estimate of drug-likeness (QED) is 0.332. The third kappa shape index (κ3) is 5.19. The van der Waals surface area contributed by atoms with Crippen molar-refractivity contribution in [1.82, 2.24) is 0 Å². The molecule has 5 heteroatoms. The fourth-order valence-electron chi connectivity index (χ4n) is 1.68. The highest BCUT2D eigenvalue weighted by Crippen LogP contribution is 2.08. The lowest BCUT2D eigenvalue weighted by atomic mass is 10.0. The van der Waals surface area contributed by atoms with Crippen molar-refractivity contribution in [3.05, 3.63) is 46.3 Å². The summed E-state index contributed by atoms with van der Waals surface area (Å²) in [4.78, 5) is 2.84. The number of rotatable bonds is 8. The van der Waals surface area contributed by atoms with Gasteiger partial charge in [-0.1, -0.05) is 42.4 Å². The summed E-state index contributed by atoms with van der Waals surface area (Å²) in [5.41, 5.74) is 15.8. The van der Waals surface area contributed by atoms with Gasteiger partial charge in [0.05, 0.1) is 12.6 Å². The van der Waals surface area contributed by atoms with Crippen LogP contribution in [0.2, 0.25) is 0 Å². The summed E-state index contributed by atoms with van der Waals surface area (Å²) in [5.74, 6) is 0. The van der Waals surface area contributed by atoms with Gasteiger partial charge in [0, 0.05) is 17.6 Å². The summed E-state index contributed by atoms with van der Waals surface area (Å²) in [6, 6.07) is 9.39. The Balaban J connectivity index is 2.53. The van der Waals surface area contributed by atoms with Gasteiger partial charge in [-0.2, -0.15) is 0 Å². The molecule has 2 N–H and O–H groups in total. The van der Waals surface area contributed by atoms with Crippen LogP contribution in [-0.4, -0.2) is 25.3 Å². The average molecular weight is 248 g/mol. The van der Waals surface area contributed by atoms with Gasteiger partial charge in [0.1, 0.15) is 0 Å². The van der Waals surface area contributed by atoms with Crippen molar-refractivity contribution < 1.29 is 4.74 Å². The maximum Gasteiger partial charge on any atom is 0.0762 e. The minimum Gasteiger partial charge on any atom is -0.381 e. The predicted molar refractivity (Wildman–Crippen MR) is 72.2 cm³/mol. The van der Waals surface area contributed by atoms with Gasteiger partial charge in [0.2, 0.25) is 0 Å². The van der Waals surface area contributed by atoms with Crippen molar-refractivity contribution in [2.75, 3.05) is 13.2 Å². The molecule has 0 amide bonds. The van der Waals surface area contributed by atoms with Crippen LogP contribution in [0.15, 0.2) is 35.4 Å². The molecule has 0 aliphatic rings. The van der Waals surface area contributed by atoms with Gasteiger partial charge < -0.3 is 10.5 Å². The Bertz CT molecular complexity index is 376. The number of hydrogen-bond acceptors (Lipinski definition) is 3. The van der Waals surface area contributed by atoms with Gasteiger partial charge in [-0.25, -0.2) is 0 Å². The first-order valence-corrected chi connectivity index (χ1v) is 6.19. The Morgan fingerprint density at radius 1 is 1.39 bits per heavy atom. The molecule has 0 unspecified atom stereocenters. The monoisotopic (exact) mass is 248 g/mol. The Hall–Kier alpha value is -1.55. The zero-order valence-electron chi connectivity index (χ0n) is 10.7. The summed E-state index contributed by atoms with van der Waals surface area (Å²) in [6.45, 7) is 3.08. The van der Waals surface area contributed by atoms with Crippen molar-refractivity contribution in [2.45, 2.75) is 31.8 Å². The van der Waals surface area contributed by atoms with Crippen LogP contribution in [0.3, 0.4) is 0 Å². The molecule has 1 aromatic rings. The van der Waals surface area contributed by atoms with Crippen molar-refractivity contribution in [2.24, 2.45) is 10.8 Å². The van der Waals surface area contributed by atoms with Gasteiger partial charge in [-0.15, -0.1) is 0 Å². The van der Waals surface area contributed by atoms with Crippen molar-refractivity contribution in [3.63, 3.8) is 0 Å². The molecule has 1 rings (SSSR count). The predicted octanol–water partition coefficient (Wildman–Crippen LogP) is 2.66. The largest absolute Gasteiger partial charge is 0.381 e. The van der Waals surface area contributed by atoms with Crippen molar-refractivity contribution in [3.8, 4) is 0 Å². The number of nitrogens with two attached hydrogens (primary N) is 1. The maximum atomic E-state index is 8.56. The summed E-state index contributed by atoms with van der Waals surface area (Å²) in [7, 11) is 0. The molecule has 98 valence electrons. The molecule has 2 atom stereocenters. The second-order valence-corrected chi connectivity index (χ2v) is 4.20. The SMILES string of the molecule is CCCOC[C@H](N=[N+]=[N-])[C@@H](N)Cc1ccccc1. The van der Waals surface area contributed by atoms with E-state index in [2.05, 4.69) is 10.0 Å². The third-order valence-corrected chi connectivity index (χ3v) is 2.65. The van der Waals surface area contributed by atoms with E-state index in [-0.39, 0.29) is 12.1 Å². The summed E-state index contributed by atoms with van der Waals surface area (Å²) < 4.78 is 5.41.